The number of piperazine rings is 1. The first kappa shape index (κ1) is 27.1. The van der Waals surface area contributed by atoms with E-state index in [2.05, 4.69) is 15.1 Å². The second kappa shape index (κ2) is 12.6. The summed E-state index contributed by atoms with van der Waals surface area (Å²) >= 11 is 18.2. The maximum atomic E-state index is 13.1. The van der Waals surface area contributed by atoms with Crippen LogP contribution in [0.25, 0.3) is 11.3 Å². The van der Waals surface area contributed by atoms with E-state index >= 15 is 0 Å². The highest BCUT2D eigenvalue weighted by atomic mass is 35.5. The van der Waals surface area contributed by atoms with E-state index in [0.717, 1.165) is 11.4 Å². The largest absolute Gasteiger partial charge is 0.383 e. The van der Waals surface area contributed by atoms with Gasteiger partial charge in [-0.2, -0.15) is 0 Å². The van der Waals surface area contributed by atoms with Crippen LogP contribution in [0.15, 0.2) is 54.6 Å². The number of aromatic nitrogens is 2. The fraction of sp³-hybridized carbons (Fsp3) is 0.308. The lowest BCUT2D eigenvalue weighted by molar-refractivity contribution is -0.132. The van der Waals surface area contributed by atoms with Crippen LogP contribution in [0.4, 0.5) is 5.82 Å². The average Bonchev–Trinajstić information content (AvgIpc) is 2.91. The van der Waals surface area contributed by atoms with Crippen LogP contribution < -0.4 is 4.90 Å². The summed E-state index contributed by atoms with van der Waals surface area (Å²) in [5, 5.41) is 10.3. The Morgan fingerprint density at radius 1 is 0.919 bits per heavy atom. The summed E-state index contributed by atoms with van der Waals surface area (Å²) in [6.07, 6.45) is 0. The summed E-state index contributed by atoms with van der Waals surface area (Å²) in [4.78, 5) is 31.4. The van der Waals surface area contributed by atoms with Crippen LogP contribution in [-0.4, -0.2) is 84.8 Å². The maximum absolute atomic E-state index is 13.1. The van der Waals surface area contributed by atoms with E-state index in [0.29, 0.717) is 65.7 Å². The van der Waals surface area contributed by atoms with Gasteiger partial charge in [0.1, 0.15) is 6.54 Å². The lowest BCUT2D eigenvalue weighted by Gasteiger charge is -2.36. The molecule has 0 atom stereocenters. The molecule has 0 saturated carbocycles. The Hall–Kier alpha value is -2.91. The van der Waals surface area contributed by atoms with Gasteiger partial charge >= 0.3 is 0 Å². The first-order valence-electron chi connectivity index (χ1n) is 11.7. The van der Waals surface area contributed by atoms with E-state index in [9.17, 15) is 9.59 Å². The minimum absolute atomic E-state index is 0.0266. The highest BCUT2D eigenvalue weighted by Gasteiger charge is 2.26. The van der Waals surface area contributed by atoms with Crippen molar-refractivity contribution in [3.63, 3.8) is 0 Å². The molecule has 11 heteroatoms. The van der Waals surface area contributed by atoms with Crippen molar-refractivity contribution in [2.24, 2.45) is 0 Å². The van der Waals surface area contributed by atoms with Gasteiger partial charge < -0.3 is 19.4 Å². The van der Waals surface area contributed by atoms with Crippen molar-refractivity contribution in [1.29, 1.82) is 0 Å². The molecule has 0 aliphatic carbocycles. The standard InChI is InChI=1S/C26H26Cl3N5O3/c1-37-15-14-34(26(36)18-2-4-19(27)5-3-18)17-25(35)33-12-10-32(11-13-33)24-9-8-23(30-31-24)21-7-6-20(28)16-22(21)29/h2-9,16H,10-15,17H2,1H3. The van der Waals surface area contributed by atoms with Crippen LogP contribution in [0.2, 0.25) is 15.1 Å². The first-order chi connectivity index (χ1) is 17.9. The van der Waals surface area contributed by atoms with E-state index in [1.165, 1.54) is 4.90 Å². The Labute approximate surface area is 230 Å². The van der Waals surface area contributed by atoms with Gasteiger partial charge in [-0.1, -0.05) is 34.8 Å². The van der Waals surface area contributed by atoms with Crippen LogP contribution in [-0.2, 0) is 9.53 Å². The molecule has 1 fully saturated rings. The zero-order valence-corrected chi connectivity index (χ0v) is 22.5. The van der Waals surface area contributed by atoms with E-state index in [-0.39, 0.29) is 18.4 Å². The molecule has 37 heavy (non-hydrogen) atoms. The highest BCUT2D eigenvalue weighted by molar-refractivity contribution is 6.36. The third-order valence-electron chi connectivity index (χ3n) is 6.08. The summed E-state index contributed by atoms with van der Waals surface area (Å²) < 4.78 is 5.14. The number of hydrogen-bond acceptors (Lipinski definition) is 6. The van der Waals surface area contributed by atoms with Crippen LogP contribution in [0.3, 0.4) is 0 Å². The minimum Gasteiger partial charge on any atom is -0.383 e. The van der Waals surface area contributed by atoms with Crippen molar-refractivity contribution in [1.82, 2.24) is 20.0 Å². The van der Waals surface area contributed by atoms with Crippen molar-refractivity contribution in [3.8, 4) is 11.3 Å². The molecule has 194 valence electrons. The number of rotatable bonds is 8. The Kier molecular flexibility index (Phi) is 9.21. The normalized spacial score (nSPS) is 13.5. The van der Waals surface area contributed by atoms with Crippen LogP contribution in [0.1, 0.15) is 10.4 Å². The van der Waals surface area contributed by atoms with Gasteiger partial charge in [-0.15, -0.1) is 10.2 Å². The van der Waals surface area contributed by atoms with Gasteiger partial charge in [-0.3, -0.25) is 9.59 Å². The predicted molar refractivity (Wildman–Crippen MR) is 146 cm³/mol. The fourth-order valence-electron chi connectivity index (χ4n) is 4.01. The monoisotopic (exact) mass is 561 g/mol. The van der Waals surface area contributed by atoms with Crippen LogP contribution in [0, 0.1) is 0 Å². The SMILES string of the molecule is COCCN(CC(=O)N1CCN(c2ccc(-c3ccc(Cl)cc3Cl)nn2)CC1)C(=O)c1ccc(Cl)cc1. The minimum atomic E-state index is -0.239. The average molecular weight is 563 g/mol. The van der Waals surface area contributed by atoms with Crippen LogP contribution >= 0.6 is 34.8 Å². The third-order valence-corrected chi connectivity index (χ3v) is 6.88. The molecular formula is C26H26Cl3N5O3. The smallest absolute Gasteiger partial charge is 0.254 e. The van der Waals surface area contributed by atoms with Gasteiger partial charge in [-0.05, 0) is 54.6 Å². The number of anilines is 1. The van der Waals surface area contributed by atoms with Crippen molar-refractivity contribution in [2.75, 3.05) is 57.9 Å². The maximum Gasteiger partial charge on any atom is 0.254 e. The molecule has 1 aromatic heterocycles. The highest BCUT2D eigenvalue weighted by Crippen LogP contribution is 2.29. The summed E-state index contributed by atoms with van der Waals surface area (Å²) in [6.45, 7) is 2.84. The number of carbonyl (C=O) groups is 2. The molecule has 2 amide bonds. The molecule has 0 unspecified atom stereocenters. The number of halogens is 3. The Morgan fingerprint density at radius 2 is 1.62 bits per heavy atom. The molecular weight excluding hydrogens is 537 g/mol. The van der Waals surface area contributed by atoms with Gasteiger partial charge in [0.2, 0.25) is 5.91 Å². The van der Waals surface area contributed by atoms with Gasteiger partial charge in [-0.25, -0.2) is 0 Å². The molecule has 1 aliphatic heterocycles. The number of hydrogen-bond donors (Lipinski definition) is 0. The number of ether oxygens (including phenoxy) is 1. The van der Waals surface area contributed by atoms with Crippen molar-refractivity contribution >= 4 is 52.4 Å². The molecule has 3 aromatic rings. The predicted octanol–water partition coefficient (Wildman–Crippen LogP) is 4.54. The Morgan fingerprint density at radius 3 is 2.24 bits per heavy atom. The number of nitrogens with zero attached hydrogens (tertiary/aromatic N) is 5. The fourth-order valence-corrected chi connectivity index (χ4v) is 4.64. The molecule has 2 aromatic carbocycles. The van der Waals surface area contributed by atoms with Crippen LogP contribution in [0.5, 0.6) is 0 Å². The number of carbonyl (C=O) groups excluding carboxylic acids is 2. The molecule has 1 aliphatic rings. The van der Waals surface area contributed by atoms with E-state index < -0.39 is 0 Å². The molecule has 0 spiro atoms. The Bertz CT molecular complexity index is 1230. The zero-order chi connectivity index (χ0) is 26.4. The molecule has 4 rings (SSSR count). The zero-order valence-electron chi connectivity index (χ0n) is 20.2. The summed E-state index contributed by atoms with van der Waals surface area (Å²) in [7, 11) is 1.56. The number of benzene rings is 2. The molecule has 0 N–H and O–H groups in total. The second-order valence-electron chi connectivity index (χ2n) is 8.50. The summed E-state index contributed by atoms with van der Waals surface area (Å²) in [5.74, 6) is 0.370. The molecule has 8 nitrogen and oxygen atoms in total. The molecule has 0 radical (unpaired) electrons. The van der Waals surface area contributed by atoms with Gasteiger partial charge in [0.25, 0.3) is 5.91 Å². The van der Waals surface area contributed by atoms with E-state index in [4.69, 9.17) is 39.5 Å². The van der Waals surface area contributed by atoms with Crippen molar-refractivity contribution in [2.45, 2.75) is 0 Å². The van der Waals surface area contributed by atoms with Gasteiger partial charge in [0.15, 0.2) is 5.82 Å². The van der Waals surface area contributed by atoms with E-state index in [1.807, 2.05) is 18.2 Å². The Balaban J connectivity index is 1.35. The molecule has 2 heterocycles. The quantitative estimate of drug-likeness (QED) is 0.401. The van der Waals surface area contributed by atoms with E-state index in [1.54, 1.807) is 48.4 Å². The van der Waals surface area contributed by atoms with Gasteiger partial charge in [0, 0.05) is 61.0 Å². The first-order valence-corrected chi connectivity index (χ1v) is 12.8. The van der Waals surface area contributed by atoms with Crippen molar-refractivity contribution < 1.29 is 14.3 Å². The lowest BCUT2D eigenvalue weighted by atomic mass is 10.1. The molecule has 0 bridgehead atoms. The summed E-state index contributed by atoms with van der Waals surface area (Å²) in [6, 6.07) is 15.6. The van der Waals surface area contributed by atoms with Crippen molar-refractivity contribution in [3.05, 3.63) is 75.2 Å². The topological polar surface area (TPSA) is 78.9 Å². The molecule has 1 saturated heterocycles. The lowest BCUT2D eigenvalue weighted by Crippen LogP contribution is -2.52. The number of methoxy groups -OCH3 is 1. The number of amides is 2. The third kappa shape index (κ3) is 6.90. The second-order valence-corrected chi connectivity index (χ2v) is 9.78. The summed E-state index contributed by atoms with van der Waals surface area (Å²) in [5.41, 5.74) is 1.88. The van der Waals surface area contributed by atoms with Gasteiger partial charge in [0.05, 0.1) is 17.3 Å².